The SMILES string of the molecule is Cc1cc(C(=O)O[C@H]2CCSC2)ccc1-n1cncn1. The summed E-state index contributed by atoms with van der Waals surface area (Å²) in [5, 5.41) is 4.09. The zero-order valence-corrected chi connectivity index (χ0v) is 12.0. The molecule has 1 aromatic carbocycles. The van der Waals surface area contributed by atoms with Crippen molar-refractivity contribution < 1.29 is 9.53 Å². The van der Waals surface area contributed by atoms with Gasteiger partial charge in [-0.1, -0.05) is 0 Å². The van der Waals surface area contributed by atoms with E-state index in [0.29, 0.717) is 5.56 Å². The van der Waals surface area contributed by atoms with Crippen LogP contribution < -0.4 is 0 Å². The number of nitrogens with zero attached hydrogens (tertiary/aromatic N) is 3. The quantitative estimate of drug-likeness (QED) is 0.811. The summed E-state index contributed by atoms with van der Waals surface area (Å²) >= 11 is 1.83. The van der Waals surface area contributed by atoms with Crippen LogP contribution in [0.2, 0.25) is 0 Å². The summed E-state index contributed by atoms with van der Waals surface area (Å²) in [7, 11) is 0. The molecule has 1 fully saturated rings. The molecule has 1 aliphatic heterocycles. The van der Waals surface area contributed by atoms with Crippen LogP contribution in [0.3, 0.4) is 0 Å². The number of ether oxygens (including phenoxy) is 1. The molecular weight excluding hydrogens is 274 g/mol. The number of carbonyl (C=O) groups is 1. The Labute approximate surface area is 121 Å². The fourth-order valence-electron chi connectivity index (χ4n) is 2.20. The summed E-state index contributed by atoms with van der Waals surface area (Å²) in [6.07, 6.45) is 4.13. The van der Waals surface area contributed by atoms with E-state index >= 15 is 0 Å². The Kier molecular flexibility index (Phi) is 3.73. The number of benzene rings is 1. The van der Waals surface area contributed by atoms with Crippen LogP contribution in [0.25, 0.3) is 5.69 Å². The summed E-state index contributed by atoms with van der Waals surface area (Å²) in [6, 6.07) is 5.47. The van der Waals surface area contributed by atoms with Crippen molar-refractivity contribution in [2.45, 2.75) is 19.4 Å². The third-order valence-corrected chi connectivity index (χ3v) is 4.39. The summed E-state index contributed by atoms with van der Waals surface area (Å²) in [5.74, 6) is 1.73. The van der Waals surface area contributed by atoms with Crippen molar-refractivity contribution in [2.24, 2.45) is 0 Å². The molecule has 6 heteroatoms. The van der Waals surface area contributed by atoms with Crippen molar-refractivity contribution in [2.75, 3.05) is 11.5 Å². The highest BCUT2D eigenvalue weighted by molar-refractivity contribution is 7.99. The summed E-state index contributed by atoms with van der Waals surface area (Å²) < 4.78 is 7.17. The number of esters is 1. The van der Waals surface area contributed by atoms with Crippen LogP contribution in [0.1, 0.15) is 22.3 Å². The van der Waals surface area contributed by atoms with Crippen molar-refractivity contribution >= 4 is 17.7 Å². The second kappa shape index (κ2) is 5.66. The van der Waals surface area contributed by atoms with E-state index in [1.54, 1.807) is 17.1 Å². The van der Waals surface area contributed by atoms with Crippen molar-refractivity contribution in [3.8, 4) is 5.69 Å². The van der Waals surface area contributed by atoms with Crippen LogP contribution in [0.15, 0.2) is 30.9 Å². The van der Waals surface area contributed by atoms with Crippen LogP contribution in [-0.2, 0) is 4.74 Å². The molecule has 2 heterocycles. The molecule has 5 nitrogen and oxygen atoms in total. The highest BCUT2D eigenvalue weighted by Crippen LogP contribution is 2.22. The van der Waals surface area contributed by atoms with E-state index in [2.05, 4.69) is 10.1 Å². The fourth-order valence-corrected chi connectivity index (χ4v) is 3.29. The van der Waals surface area contributed by atoms with Crippen molar-refractivity contribution in [1.29, 1.82) is 0 Å². The van der Waals surface area contributed by atoms with Crippen LogP contribution in [0, 0.1) is 6.92 Å². The maximum atomic E-state index is 12.1. The molecule has 0 saturated carbocycles. The summed E-state index contributed by atoms with van der Waals surface area (Å²) in [6.45, 7) is 1.94. The highest BCUT2D eigenvalue weighted by atomic mass is 32.2. The van der Waals surface area contributed by atoms with Gasteiger partial charge in [-0.15, -0.1) is 0 Å². The van der Waals surface area contributed by atoms with Gasteiger partial charge >= 0.3 is 5.97 Å². The minimum atomic E-state index is -0.245. The monoisotopic (exact) mass is 289 g/mol. The second-order valence-electron chi connectivity index (χ2n) is 4.73. The van der Waals surface area contributed by atoms with Crippen LogP contribution >= 0.6 is 11.8 Å². The van der Waals surface area contributed by atoms with E-state index in [-0.39, 0.29) is 12.1 Å². The molecular formula is C14H15N3O2S. The number of rotatable bonds is 3. The molecule has 1 aliphatic rings. The van der Waals surface area contributed by atoms with Gasteiger partial charge in [0, 0.05) is 5.75 Å². The number of hydrogen-bond donors (Lipinski definition) is 0. The molecule has 1 atom stereocenters. The average Bonchev–Trinajstić information content (AvgIpc) is 3.11. The smallest absolute Gasteiger partial charge is 0.338 e. The minimum absolute atomic E-state index is 0.0581. The van der Waals surface area contributed by atoms with E-state index in [9.17, 15) is 4.79 Å². The predicted molar refractivity (Wildman–Crippen MR) is 77.2 cm³/mol. The van der Waals surface area contributed by atoms with Crippen molar-refractivity contribution in [3.05, 3.63) is 42.0 Å². The van der Waals surface area contributed by atoms with Gasteiger partial charge in [-0.2, -0.15) is 16.9 Å². The highest BCUT2D eigenvalue weighted by Gasteiger charge is 2.20. The molecule has 20 heavy (non-hydrogen) atoms. The Morgan fingerprint density at radius 1 is 1.50 bits per heavy atom. The van der Waals surface area contributed by atoms with E-state index < -0.39 is 0 Å². The first-order valence-electron chi connectivity index (χ1n) is 6.48. The first kappa shape index (κ1) is 13.2. The lowest BCUT2D eigenvalue weighted by atomic mass is 10.1. The van der Waals surface area contributed by atoms with E-state index in [1.165, 1.54) is 6.33 Å². The predicted octanol–water partition coefficient (Wildman–Crippen LogP) is 2.24. The molecule has 2 aromatic rings. The van der Waals surface area contributed by atoms with Crippen molar-refractivity contribution in [3.63, 3.8) is 0 Å². The molecule has 1 aromatic heterocycles. The third-order valence-electron chi connectivity index (χ3n) is 3.26. The lowest BCUT2D eigenvalue weighted by molar-refractivity contribution is 0.0357. The number of carbonyl (C=O) groups excluding carboxylic acids is 1. The molecule has 3 rings (SSSR count). The molecule has 0 bridgehead atoms. The van der Waals surface area contributed by atoms with Gasteiger partial charge in [0.25, 0.3) is 0 Å². The van der Waals surface area contributed by atoms with E-state index in [1.807, 2.05) is 30.8 Å². The van der Waals surface area contributed by atoms with Gasteiger partial charge < -0.3 is 4.74 Å². The number of aryl methyl sites for hydroxylation is 1. The molecule has 0 unspecified atom stereocenters. The molecule has 0 aliphatic carbocycles. The van der Waals surface area contributed by atoms with Gasteiger partial charge in [0.05, 0.1) is 11.3 Å². The Morgan fingerprint density at radius 3 is 3.05 bits per heavy atom. The summed E-state index contributed by atoms with van der Waals surface area (Å²) in [5.41, 5.74) is 2.46. The van der Waals surface area contributed by atoms with E-state index in [0.717, 1.165) is 29.2 Å². The molecule has 0 radical (unpaired) electrons. The number of thioether (sulfide) groups is 1. The maximum absolute atomic E-state index is 12.1. The normalized spacial score (nSPS) is 18.1. The molecule has 0 N–H and O–H groups in total. The summed E-state index contributed by atoms with van der Waals surface area (Å²) in [4.78, 5) is 16.0. The Balaban J connectivity index is 1.77. The van der Waals surface area contributed by atoms with Crippen LogP contribution in [0.5, 0.6) is 0 Å². The van der Waals surface area contributed by atoms with Gasteiger partial charge in [-0.05, 0) is 42.9 Å². The second-order valence-corrected chi connectivity index (χ2v) is 5.88. The lowest BCUT2D eigenvalue weighted by Gasteiger charge is -2.12. The number of hydrogen-bond acceptors (Lipinski definition) is 5. The fraction of sp³-hybridized carbons (Fsp3) is 0.357. The Hall–Kier alpha value is -1.82. The van der Waals surface area contributed by atoms with Gasteiger partial charge in [0.2, 0.25) is 0 Å². The lowest BCUT2D eigenvalue weighted by Crippen LogP contribution is -2.17. The molecule has 0 amide bonds. The van der Waals surface area contributed by atoms with Crippen LogP contribution in [-0.4, -0.2) is 38.3 Å². The molecule has 1 saturated heterocycles. The zero-order chi connectivity index (χ0) is 13.9. The third kappa shape index (κ3) is 2.70. The van der Waals surface area contributed by atoms with E-state index in [4.69, 9.17) is 4.74 Å². The standard InChI is InChI=1S/C14H15N3O2S/c1-10-6-11(14(18)19-12-4-5-20-7-12)2-3-13(10)17-9-15-8-16-17/h2-3,6,8-9,12H,4-5,7H2,1H3/t12-/m0/s1. The maximum Gasteiger partial charge on any atom is 0.338 e. The zero-order valence-electron chi connectivity index (χ0n) is 11.2. The Bertz CT molecular complexity index is 607. The van der Waals surface area contributed by atoms with Crippen LogP contribution in [0.4, 0.5) is 0 Å². The van der Waals surface area contributed by atoms with Gasteiger partial charge in [-0.3, -0.25) is 0 Å². The first-order valence-corrected chi connectivity index (χ1v) is 7.64. The van der Waals surface area contributed by atoms with Crippen molar-refractivity contribution in [1.82, 2.24) is 14.8 Å². The Morgan fingerprint density at radius 2 is 2.40 bits per heavy atom. The largest absolute Gasteiger partial charge is 0.458 e. The topological polar surface area (TPSA) is 57.0 Å². The minimum Gasteiger partial charge on any atom is -0.458 e. The average molecular weight is 289 g/mol. The first-order chi connectivity index (χ1) is 9.74. The van der Waals surface area contributed by atoms with Gasteiger partial charge in [-0.25, -0.2) is 14.5 Å². The van der Waals surface area contributed by atoms with Gasteiger partial charge in [0.1, 0.15) is 18.8 Å². The molecule has 104 valence electrons. The molecule has 0 spiro atoms. The van der Waals surface area contributed by atoms with Gasteiger partial charge in [0.15, 0.2) is 0 Å². The number of aromatic nitrogens is 3.